The Kier molecular flexibility index (Phi) is 5.68. The van der Waals surface area contributed by atoms with Gasteiger partial charge in [-0.05, 0) is 37.3 Å². The molecule has 0 aromatic carbocycles. The van der Waals surface area contributed by atoms with E-state index in [4.69, 9.17) is 5.73 Å². The van der Waals surface area contributed by atoms with Crippen LogP contribution in [0.3, 0.4) is 0 Å². The van der Waals surface area contributed by atoms with Gasteiger partial charge in [0.2, 0.25) is 0 Å². The Balaban J connectivity index is 2.01. The van der Waals surface area contributed by atoms with Crippen LogP contribution in [0.1, 0.15) is 30.0 Å². The molecule has 1 saturated heterocycles. The number of rotatable bonds is 4. The van der Waals surface area contributed by atoms with Crippen LogP contribution in [0.4, 0.5) is 0 Å². The van der Waals surface area contributed by atoms with Gasteiger partial charge in [0.25, 0.3) is 5.91 Å². The molecule has 0 spiro atoms. The number of aromatic nitrogens is 1. The third-order valence-electron chi connectivity index (χ3n) is 4.14. The SMILES string of the molecule is CN=CC(=CN)C(=O)N1CCC(c2ccn(SO)c2C)CC1. The molecule has 0 aliphatic carbocycles. The molecule has 1 amide bonds. The fourth-order valence-corrected chi connectivity index (χ4v) is 3.26. The van der Waals surface area contributed by atoms with Crippen molar-refractivity contribution in [1.82, 2.24) is 8.87 Å². The van der Waals surface area contributed by atoms with E-state index >= 15 is 0 Å². The molecular formula is C15H22N4O2S. The maximum absolute atomic E-state index is 12.3. The van der Waals surface area contributed by atoms with Gasteiger partial charge < -0.3 is 15.2 Å². The minimum Gasteiger partial charge on any atom is -0.404 e. The number of nitrogens with zero attached hydrogens (tertiary/aromatic N) is 3. The van der Waals surface area contributed by atoms with Gasteiger partial charge in [-0.2, -0.15) is 0 Å². The molecule has 1 aliphatic heterocycles. The van der Waals surface area contributed by atoms with Crippen LogP contribution in [-0.4, -0.2) is 45.7 Å². The predicted octanol–water partition coefficient (Wildman–Crippen LogP) is 2.02. The highest BCUT2D eigenvalue weighted by Gasteiger charge is 2.26. The molecule has 2 heterocycles. The van der Waals surface area contributed by atoms with Gasteiger partial charge in [-0.15, -0.1) is 0 Å². The molecule has 0 saturated carbocycles. The van der Waals surface area contributed by atoms with Crippen molar-refractivity contribution in [3.63, 3.8) is 0 Å². The highest BCUT2D eigenvalue weighted by Crippen LogP contribution is 2.32. The van der Waals surface area contributed by atoms with Crippen molar-refractivity contribution in [3.8, 4) is 0 Å². The van der Waals surface area contributed by atoms with E-state index in [0.717, 1.165) is 18.5 Å². The number of piperidine rings is 1. The summed E-state index contributed by atoms with van der Waals surface area (Å²) in [7, 11) is 1.62. The third-order valence-corrected chi connectivity index (χ3v) is 4.71. The summed E-state index contributed by atoms with van der Waals surface area (Å²) in [5.74, 6) is 0.356. The largest absolute Gasteiger partial charge is 0.404 e. The zero-order valence-corrected chi connectivity index (χ0v) is 13.7. The van der Waals surface area contributed by atoms with Gasteiger partial charge >= 0.3 is 0 Å². The monoisotopic (exact) mass is 322 g/mol. The lowest BCUT2D eigenvalue weighted by molar-refractivity contribution is -0.127. The molecule has 1 aromatic heterocycles. The smallest absolute Gasteiger partial charge is 0.256 e. The van der Waals surface area contributed by atoms with Gasteiger partial charge in [0.15, 0.2) is 0 Å². The number of hydrogen-bond acceptors (Lipinski definition) is 5. The van der Waals surface area contributed by atoms with E-state index in [9.17, 15) is 9.35 Å². The van der Waals surface area contributed by atoms with Crippen LogP contribution in [0.25, 0.3) is 0 Å². The Morgan fingerprint density at radius 1 is 1.50 bits per heavy atom. The second-order valence-electron chi connectivity index (χ2n) is 5.34. The zero-order valence-electron chi connectivity index (χ0n) is 12.9. The summed E-state index contributed by atoms with van der Waals surface area (Å²) >= 11 is 0.714. The summed E-state index contributed by atoms with van der Waals surface area (Å²) in [6, 6.07) is 2.05. The number of carbonyl (C=O) groups excluding carboxylic acids is 1. The van der Waals surface area contributed by atoms with E-state index in [0.29, 0.717) is 36.8 Å². The molecule has 22 heavy (non-hydrogen) atoms. The second kappa shape index (κ2) is 7.51. The maximum Gasteiger partial charge on any atom is 0.256 e. The molecule has 7 heteroatoms. The zero-order chi connectivity index (χ0) is 16.1. The van der Waals surface area contributed by atoms with Crippen LogP contribution in [0, 0.1) is 6.92 Å². The second-order valence-corrected chi connectivity index (χ2v) is 5.90. The fraction of sp³-hybridized carbons (Fsp3) is 0.467. The molecule has 3 N–H and O–H groups in total. The normalized spacial score (nSPS) is 17.4. The first-order valence-corrected chi connectivity index (χ1v) is 7.98. The van der Waals surface area contributed by atoms with Gasteiger partial charge in [0, 0.05) is 44.4 Å². The molecule has 0 bridgehead atoms. The van der Waals surface area contributed by atoms with E-state index in [2.05, 4.69) is 11.1 Å². The predicted molar refractivity (Wildman–Crippen MR) is 90.0 cm³/mol. The van der Waals surface area contributed by atoms with E-state index in [1.807, 2.05) is 18.0 Å². The van der Waals surface area contributed by atoms with Crippen LogP contribution in [-0.2, 0) is 4.79 Å². The third kappa shape index (κ3) is 3.36. The Bertz CT molecular complexity index is 586. The first-order valence-electron chi connectivity index (χ1n) is 7.25. The summed E-state index contributed by atoms with van der Waals surface area (Å²) in [4.78, 5) is 18.0. The summed E-state index contributed by atoms with van der Waals surface area (Å²) < 4.78 is 10.9. The molecule has 0 atom stereocenters. The van der Waals surface area contributed by atoms with Crippen LogP contribution >= 0.6 is 12.2 Å². The Morgan fingerprint density at radius 3 is 2.68 bits per heavy atom. The molecule has 1 aromatic rings. The van der Waals surface area contributed by atoms with Gasteiger partial charge in [-0.25, -0.2) is 0 Å². The molecule has 120 valence electrons. The van der Waals surface area contributed by atoms with Gasteiger partial charge in [-0.1, -0.05) is 0 Å². The van der Waals surface area contributed by atoms with E-state index in [-0.39, 0.29) is 5.91 Å². The Morgan fingerprint density at radius 2 is 2.18 bits per heavy atom. The first-order chi connectivity index (χ1) is 10.6. The Hall–Kier alpha value is -1.73. The standard InChI is InChI=1S/C15H22N4O2S/c1-11-14(5-8-19(11)22-21)12-3-6-18(7-4-12)15(20)13(9-16)10-17-2/h5,8-10,12,21H,3-4,6-7,16H2,1-2H3. The average Bonchev–Trinajstić information content (AvgIpc) is 2.93. The highest BCUT2D eigenvalue weighted by molar-refractivity contribution is 7.92. The number of hydrogen-bond donors (Lipinski definition) is 2. The van der Waals surface area contributed by atoms with Crippen LogP contribution < -0.4 is 5.73 Å². The van der Waals surface area contributed by atoms with Gasteiger partial charge in [-0.3, -0.25) is 13.8 Å². The van der Waals surface area contributed by atoms with Crippen LogP contribution in [0.15, 0.2) is 29.0 Å². The number of nitrogens with two attached hydrogens (primary N) is 1. The summed E-state index contributed by atoms with van der Waals surface area (Å²) in [5, 5.41) is 0. The number of likely N-dealkylation sites (tertiary alicyclic amines) is 1. The topological polar surface area (TPSA) is 83.8 Å². The van der Waals surface area contributed by atoms with E-state index in [1.165, 1.54) is 18.0 Å². The molecular weight excluding hydrogens is 300 g/mol. The molecule has 2 rings (SSSR count). The van der Waals surface area contributed by atoms with E-state index < -0.39 is 0 Å². The van der Waals surface area contributed by atoms with Gasteiger partial charge in [0.1, 0.15) is 12.2 Å². The molecule has 1 fully saturated rings. The lowest BCUT2D eigenvalue weighted by Crippen LogP contribution is -2.39. The van der Waals surface area contributed by atoms with Crippen molar-refractivity contribution in [1.29, 1.82) is 0 Å². The number of carbonyl (C=O) groups is 1. The molecule has 0 unspecified atom stereocenters. The fourth-order valence-electron chi connectivity index (χ4n) is 2.91. The lowest BCUT2D eigenvalue weighted by atomic mass is 9.89. The minimum absolute atomic E-state index is 0.0632. The van der Waals surface area contributed by atoms with Crippen LogP contribution in [0.2, 0.25) is 0 Å². The number of amides is 1. The first kappa shape index (κ1) is 16.6. The summed E-state index contributed by atoms with van der Waals surface area (Å²) in [6.45, 7) is 3.41. The van der Waals surface area contributed by atoms with Gasteiger partial charge in [0.05, 0.1) is 5.57 Å². The quantitative estimate of drug-likeness (QED) is 0.504. The van der Waals surface area contributed by atoms with Crippen molar-refractivity contribution in [2.75, 3.05) is 20.1 Å². The Labute approximate surface area is 135 Å². The molecule has 0 radical (unpaired) electrons. The van der Waals surface area contributed by atoms with Crippen molar-refractivity contribution < 1.29 is 9.35 Å². The van der Waals surface area contributed by atoms with E-state index in [1.54, 1.807) is 11.0 Å². The maximum atomic E-state index is 12.3. The summed E-state index contributed by atoms with van der Waals surface area (Å²) in [6.07, 6.45) is 6.50. The molecule has 1 aliphatic rings. The molecule has 6 nitrogen and oxygen atoms in total. The average molecular weight is 322 g/mol. The van der Waals surface area contributed by atoms with Crippen LogP contribution in [0.5, 0.6) is 0 Å². The minimum atomic E-state index is -0.0632. The van der Waals surface area contributed by atoms with Crippen molar-refractivity contribution >= 4 is 24.4 Å². The van der Waals surface area contributed by atoms with Crippen molar-refractivity contribution in [3.05, 3.63) is 35.3 Å². The highest BCUT2D eigenvalue weighted by atomic mass is 32.2. The van der Waals surface area contributed by atoms with Crippen molar-refractivity contribution in [2.24, 2.45) is 10.7 Å². The summed E-state index contributed by atoms with van der Waals surface area (Å²) in [5.41, 5.74) is 8.24. The van der Waals surface area contributed by atoms with Crippen molar-refractivity contribution in [2.45, 2.75) is 25.7 Å². The number of aliphatic imine (C=N–C) groups is 1. The lowest BCUT2D eigenvalue weighted by Gasteiger charge is -2.32.